The van der Waals surface area contributed by atoms with E-state index in [2.05, 4.69) is 25.2 Å². The lowest BCUT2D eigenvalue weighted by molar-refractivity contribution is -0.141. The van der Waals surface area contributed by atoms with E-state index in [1.807, 2.05) is 16.3 Å². The lowest BCUT2D eigenvalue weighted by Gasteiger charge is -2.28. The van der Waals surface area contributed by atoms with Crippen LogP contribution in [0.3, 0.4) is 0 Å². The molecule has 1 aliphatic rings. The monoisotopic (exact) mass is 296 g/mol. The summed E-state index contributed by atoms with van der Waals surface area (Å²) in [5, 5.41) is 5.34. The van der Waals surface area contributed by atoms with Crippen LogP contribution >= 0.6 is 11.3 Å². The predicted octanol–water partition coefficient (Wildman–Crippen LogP) is 2.25. The van der Waals surface area contributed by atoms with E-state index in [1.165, 1.54) is 4.88 Å². The highest BCUT2D eigenvalue weighted by Crippen LogP contribution is 2.15. The first-order valence-corrected chi connectivity index (χ1v) is 8.19. The van der Waals surface area contributed by atoms with Gasteiger partial charge in [0.05, 0.1) is 12.6 Å². The minimum atomic E-state index is 0.0898. The summed E-state index contributed by atoms with van der Waals surface area (Å²) >= 11 is 1.69. The van der Waals surface area contributed by atoms with Crippen molar-refractivity contribution in [3.63, 3.8) is 0 Å². The zero-order valence-electron chi connectivity index (χ0n) is 12.3. The minimum Gasteiger partial charge on any atom is -0.368 e. The van der Waals surface area contributed by atoms with E-state index in [9.17, 15) is 4.79 Å². The first-order valence-electron chi connectivity index (χ1n) is 7.31. The second-order valence-electron chi connectivity index (χ2n) is 5.46. The van der Waals surface area contributed by atoms with Gasteiger partial charge in [-0.05, 0) is 51.2 Å². The van der Waals surface area contributed by atoms with Crippen LogP contribution in [0.1, 0.15) is 31.6 Å². The molecule has 1 fully saturated rings. The van der Waals surface area contributed by atoms with Crippen molar-refractivity contribution >= 4 is 17.2 Å². The first kappa shape index (κ1) is 15.5. The van der Waals surface area contributed by atoms with Gasteiger partial charge < -0.3 is 15.0 Å². The number of ether oxygens (including phenoxy) is 1. The second kappa shape index (κ2) is 7.76. The zero-order chi connectivity index (χ0) is 14.4. The Bertz CT molecular complexity index is 400. The molecule has 0 bridgehead atoms. The summed E-state index contributed by atoms with van der Waals surface area (Å²) in [5.74, 6) is 0.0898. The van der Waals surface area contributed by atoms with E-state index >= 15 is 0 Å². The van der Waals surface area contributed by atoms with Crippen molar-refractivity contribution in [1.29, 1.82) is 0 Å². The molecular weight excluding hydrogens is 272 g/mol. The van der Waals surface area contributed by atoms with E-state index in [1.54, 1.807) is 11.3 Å². The molecule has 1 aromatic heterocycles. The van der Waals surface area contributed by atoms with Gasteiger partial charge in [0.15, 0.2) is 0 Å². The van der Waals surface area contributed by atoms with E-state index < -0.39 is 0 Å². The normalized spacial score (nSPS) is 16.6. The van der Waals surface area contributed by atoms with Crippen LogP contribution in [0.5, 0.6) is 0 Å². The zero-order valence-corrected chi connectivity index (χ0v) is 13.1. The van der Waals surface area contributed by atoms with E-state index in [-0.39, 0.29) is 24.7 Å². The molecule has 0 spiro atoms. The maximum absolute atomic E-state index is 12.3. The molecule has 4 nitrogen and oxygen atoms in total. The average molecular weight is 296 g/mol. The highest BCUT2D eigenvalue weighted by atomic mass is 32.1. The van der Waals surface area contributed by atoms with Gasteiger partial charge in [-0.1, -0.05) is 6.07 Å². The van der Waals surface area contributed by atoms with Gasteiger partial charge in [0.1, 0.15) is 6.61 Å². The number of carbonyl (C=O) groups is 1. The van der Waals surface area contributed by atoms with Gasteiger partial charge in [0.2, 0.25) is 5.91 Å². The molecule has 0 atom stereocenters. The maximum atomic E-state index is 12.3. The molecule has 0 saturated carbocycles. The van der Waals surface area contributed by atoms with Crippen molar-refractivity contribution in [1.82, 2.24) is 10.2 Å². The van der Waals surface area contributed by atoms with Crippen LogP contribution in [0.4, 0.5) is 0 Å². The Morgan fingerprint density at radius 1 is 1.50 bits per heavy atom. The van der Waals surface area contributed by atoms with Crippen LogP contribution in [-0.4, -0.2) is 42.6 Å². The number of nitrogens with zero attached hydrogens (tertiary/aromatic N) is 1. The Morgan fingerprint density at radius 2 is 2.25 bits per heavy atom. The van der Waals surface area contributed by atoms with Crippen molar-refractivity contribution in [2.75, 3.05) is 19.7 Å². The summed E-state index contributed by atoms with van der Waals surface area (Å²) in [5.41, 5.74) is 0. The summed E-state index contributed by atoms with van der Waals surface area (Å²) in [7, 11) is 0. The third-order valence-electron chi connectivity index (χ3n) is 3.58. The molecule has 1 aromatic rings. The smallest absolute Gasteiger partial charge is 0.249 e. The number of nitrogens with one attached hydrogen (secondary N) is 1. The van der Waals surface area contributed by atoms with Crippen molar-refractivity contribution in [2.45, 2.75) is 45.4 Å². The molecule has 1 amide bonds. The fourth-order valence-electron chi connectivity index (χ4n) is 2.36. The standard InChI is InChI=1S/C15H24N2O2S/c1-12(2)17(10-14-4-3-9-20-14)15(18)11-19-13-5-7-16-8-6-13/h3-4,9,12-13,16H,5-8,10-11H2,1-2H3. The number of thiophene rings is 1. The molecular formula is C15H24N2O2S. The largest absolute Gasteiger partial charge is 0.368 e. The van der Waals surface area contributed by atoms with Gasteiger partial charge >= 0.3 is 0 Å². The molecule has 1 aliphatic heterocycles. The van der Waals surface area contributed by atoms with E-state index in [0.29, 0.717) is 6.54 Å². The molecule has 112 valence electrons. The molecule has 0 unspecified atom stereocenters. The van der Waals surface area contributed by atoms with Crippen LogP contribution in [0.25, 0.3) is 0 Å². The summed E-state index contributed by atoms with van der Waals surface area (Å²) in [6, 6.07) is 4.29. The molecule has 0 radical (unpaired) electrons. The number of carbonyl (C=O) groups excluding carboxylic acids is 1. The number of amides is 1. The SMILES string of the molecule is CC(C)N(Cc1cccs1)C(=O)COC1CCNCC1. The third kappa shape index (κ3) is 4.58. The van der Waals surface area contributed by atoms with E-state index in [4.69, 9.17) is 4.74 Å². The molecule has 0 aliphatic carbocycles. The molecule has 1 saturated heterocycles. The van der Waals surface area contributed by atoms with Crippen molar-refractivity contribution in [3.05, 3.63) is 22.4 Å². The highest BCUT2D eigenvalue weighted by Gasteiger charge is 2.20. The predicted molar refractivity (Wildman–Crippen MR) is 81.8 cm³/mol. The van der Waals surface area contributed by atoms with Gasteiger partial charge in [-0.25, -0.2) is 0 Å². The number of rotatable bonds is 6. The van der Waals surface area contributed by atoms with Crippen LogP contribution in [0.2, 0.25) is 0 Å². The molecule has 0 aromatic carbocycles. The number of piperidine rings is 1. The molecule has 2 rings (SSSR count). The van der Waals surface area contributed by atoms with Crippen molar-refractivity contribution in [2.24, 2.45) is 0 Å². The van der Waals surface area contributed by atoms with Gasteiger partial charge in [0.25, 0.3) is 0 Å². The summed E-state index contributed by atoms with van der Waals surface area (Å²) < 4.78 is 5.77. The second-order valence-corrected chi connectivity index (χ2v) is 6.49. The van der Waals surface area contributed by atoms with Crippen molar-refractivity contribution < 1.29 is 9.53 Å². The molecule has 20 heavy (non-hydrogen) atoms. The Labute approximate surface area is 125 Å². The van der Waals surface area contributed by atoms with Gasteiger partial charge in [-0.2, -0.15) is 0 Å². The van der Waals surface area contributed by atoms with Crippen LogP contribution in [0.15, 0.2) is 17.5 Å². The highest BCUT2D eigenvalue weighted by molar-refractivity contribution is 7.09. The van der Waals surface area contributed by atoms with Crippen LogP contribution in [-0.2, 0) is 16.1 Å². The Hall–Kier alpha value is -0.910. The quantitative estimate of drug-likeness (QED) is 0.875. The minimum absolute atomic E-state index is 0.0898. The summed E-state index contributed by atoms with van der Waals surface area (Å²) in [6.45, 7) is 6.97. The summed E-state index contributed by atoms with van der Waals surface area (Å²) in [6.07, 6.45) is 2.23. The Balaban J connectivity index is 1.83. The van der Waals surface area contributed by atoms with Gasteiger partial charge in [-0.3, -0.25) is 4.79 Å². The summed E-state index contributed by atoms with van der Waals surface area (Å²) in [4.78, 5) is 15.5. The Kier molecular flexibility index (Phi) is 6.01. The molecule has 5 heteroatoms. The fraction of sp³-hybridized carbons (Fsp3) is 0.667. The van der Waals surface area contributed by atoms with Crippen LogP contribution in [0, 0.1) is 0 Å². The fourth-order valence-corrected chi connectivity index (χ4v) is 3.07. The maximum Gasteiger partial charge on any atom is 0.249 e. The Morgan fingerprint density at radius 3 is 2.85 bits per heavy atom. The van der Waals surface area contributed by atoms with E-state index in [0.717, 1.165) is 25.9 Å². The molecule has 1 N–H and O–H groups in total. The van der Waals surface area contributed by atoms with Crippen LogP contribution < -0.4 is 5.32 Å². The number of hydrogen-bond acceptors (Lipinski definition) is 4. The average Bonchev–Trinajstić information content (AvgIpc) is 2.96. The number of hydrogen-bond donors (Lipinski definition) is 1. The van der Waals surface area contributed by atoms with Gasteiger partial charge in [-0.15, -0.1) is 11.3 Å². The lowest BCUT2D eigenvalue weighted by Crippen LogP contribution is -2.40. The first-order chi connectivity index (χ1) is 9.66. The topological polar surface area (TPSA) is 41.6 Å². The van der Waals surface area contributed by atoms with Crippen molar-refractivity contribution in [3.8, 4) is 0 Å². The molecule has 2 heterocycles. The third-order valence-corrected chi connectivity index (χ3v) is 4.44. The lowest BCUT2D eigenvalue weighted by atomic mass is 10.1. The van der Waals surface area contributed by atoms with Gasteiger partial charge in [0, 0.05) is 10.9 Å².